The van der Waals surface area contributed by atoms with Crippen molar-refractivity contribution >= 4 is 17.9 Å². The Kier molecular flexibility index (Phi) is 5.72. The minimum Gasteiger partial charge on any atom is -0.450 e. The van der Waals surface area contributed by atoms with E-state index in [0.717, 1.165) is 24.2 Å². The minimum absolute atomic E-state index is 0.179. The van der Waals surface area contributed by atoms with Crippen LogP contribution in [0.2, 0.25) is 0 Å². The molecule has 1 atom stereocenters. The van der Waals surface area contributed by atoms with E-state index in [1.807, 2.05) is 19.9 Å². The van der Waals surface area contributed by atoms with Crippen molar-refractivity contribution in [3.8, 4) is 0 Å². The van der Waals surface area contributed by atoms with Gasteiger partial charge in [0.05, 0.1) is 12.5 Å². The predicted octanol–water partition coefficient (Wildman–Crippen LogP) is 1.41. The smallest absolute Gasteiger partial charge is 0.409 e. The Labute approximate surface area is 135 Å². The second-order valence-corrected chi connectivity index (χ2v) is 5.57. The fourth-order valence-electron chi connectivity index (χ4n) is 2.57. The number of carbonyl (C=O) groups excluding carboxylic acids is 2. The lowest BCUT2D eigenvalue weighted by Gasteiger charge is -2.31. The minimum atomic E-state index is -0.365. The maximum atomic E-state index is 12.3. The normalized spacial score (nSPS) is 17.5. The number of hydrogen-bond donors (Lipinski definition) is 2. The van der Waals surface area contributed by atoms with Crippen molar-refractivity contribution in [1.29, 1.82) is 0 Å². The lowest BCUT2D eigenvalue weighted by Crippen LogP contribution is -2.46. The van der Waals surface area contributed by atoms with Crippen molar-refractivity contribution in [2.45, 2.75) is 33.6 Å². The third-order valence-electron chi connectivity index (χ3n) is 3.60. The van der Waals surface area contributed by atoms with Gasteiger partial charge >= 0.3 is 6.09 Å². The first-order valence-corrected chi connectivity index (χ1v) is 7.79. The van der Waals surface area contributed by atoms with Gasteiger partial charge in [0.25, 0.3) is 0 Å². The number of anilines is 1. The van der Waals surface area contributed by atoms with Crippen molar-refractivity contribution in [2.75, 3.05) is 25.1 Å². The van der Waals surface area contributed by atoms with Gasteiger partial charge in [0.1, 0.15) is 0 Å². The van der Waals surface area contributed by atoms with Crippen LogP contribution in [0.25, 0.3) is 0 Å². The molecule has 0 bridgehead atoms. The Hall–Kier alpha value is -2.38. The molecule has 126 valence electrons. The van der Waals surface area contributed by atoms with Crippen LogP contribution in [0.15, 0.2) is 6.07 Å². The zero-order chi connectivity index (χ0) is 16.8. The van der Waals surface area contributed by atoms with Gasteiger partial charge in [-0.1, -0.05) is 0 Å². The van der Waals surface area contributed by atoms with Crippen molar-refractivity contribution < 1.29 is 14.3 Å². The Balaban J connectivity index is 1.88. The van der Waals surface area contributed by atoms with Gasteiger partial charge in [-0.25, -0.2) is 14.8 Å². The summed E-state index contributed by atoms with van der Waals surface area (Å²) in [6, 6.07) is 1.85. The third kappa shape index (κ3) is 4.80. The van der Waals surface area contributed by atoms with E-state index in [9.17, 15) is 9.59 Å². The average Bonchev–Trinajstić information content (AvgIpc) is 2.52. The summed E-state index contributed by atoms with van der Waals surface area (Å²) in [5, 5.41) is 0. The number of amides is 2. The number of carbonyl (C=O) groups is 2. The molecule has 2 amide bonds. The molecule has 0 aromatic carbocycles. The monoisotopic (exact) mass is 321 g/mol. The standard InChI is InChI=1S/C15H23N5O3/c1-4-23-15(22)20-7-5-6-12(9-20)13(21)18-19-14-16-10(2)8-11(3)17-14/h8,12H,4-7,9H2,1-3H3,(H,18,21)(H,16,17,19)/t12-/m0/s1. The first-order chi connectivity index (χ1) is 11.0. The summed E-state index contributed by atoms with van der Waals surface area (Å²) >= 11 is 0. The number of aryl methyl sites for hydroxylation is 2. The Morgan fingerprint density at radius 2 is 2.04 bits per heavy atom. The number of ether oxygens (including phenoxy) is 1. The molecule has 23 heavy (non-hydrogen) atoms. The molecule has 8 heteroatoms. The molecule has 2 N–H and O–H groups in total. The summed E-state index contributed by atoms with van der Waals surface area (Å²) in [6.45, 7) is 6.80. The van der Waals surface area contributed by atoms with Crippen LogP contribution in [-0.2, 0) is 9.53 Å². The van der Waals surface area contributed by atoms with Crippen LogP contribution in [-0.4, -0.2) is 46.6 Å². The van der Waals surface area contributed by atoms with E-state index in [2.05, 4.69) is 20.8 Å². The molecule has 0 spiro atoms. The van der Waals surface area contributed by atoms with Gasteiger partial charge in [0.15, 0.2) is 0 Å². The van der Waals surface area contributed by atoms with Crippen LogP contribution in [0.4, 0.5) is 10.7 Å². The van der Waals surface area contributed by atoms with E-state index in [1.54, 1.807) is 11.8 Å². The summed E-state index contributed by atoms with van der Waals surface area (Å²) < 4.78 is 4.98. The molecule has 0 saturated carbocycles. The molecule has 1 aromatic heterocycles. The number of rotatable bonds is 4. The molecule has 1 aliphatic heterocycles. The molecule has 1 aliphatic rings. The fraction of sp³-hybridized carbons (Fsp3) is 0.600. The highest BCUT2D eigenvalue weighted by atomic mass is 16.6. The Bertz CT molecular complexity index is 558. The van der Waals surface area contributed by atoms with E-state index >= 15 is 0 Å². The molecule has 1 fully saturated rings. The van der Waals surface area contributed by atoms with Crippen molar-refractivity contribution in [1.82, 2.24) is 20.3 Å². The topological polar surface area (TPSA) is 96.5 Å². The van der Waals surface area contributed by atoms with E-state index in [-0.39, 0.29) is 17.9 Å². The van der Waals surface area contributed by atoms with Crippen LogP contribution in [0.3, 0.4) is 0 Å². The largest absolute Gasteiger partial charge is 0.450 e. The number of hydrogen-bond acceptors (Lipinski definition) is 6. The second kappa shape index (κ2) is 7.75. The maximum absolute atomic E-state index is 12.3. The number of nitrogens with zero attached hydrogens (tertiary/aromatic N) is 3. The maximum Gasteiger partial charge on any atom is 0.409 e. The first-order valence-electron chi connectivity index (χ1n) is 7.79. The highest BCUT2D eigenvalue weighted by Gasteiger charge is 2.29. The van der Waals surface area contributed by atoms with Crippen LogP contribution < -0.4 is 10.9 Å². The molecule has 1 aromatic rings. The van der Waals surface area contributed by atoms with Gasteiger partial charge in [0.2, 0.25) is 11.9 Å². The van der Waals surface area contributed by atoms with Crippen LogP contribution in [0, 0.1) is 19.8 Å². The third-order valence-corrected chi connectivity index (χ3v) is 3.60. The van der Waals surface area contributed by atoms with E-state index < -0.39 is 0 Å². The number of piperidine rings is 1. The molecule has 1 saturated heterocycles. The van der Waals surface area contributed by atoms with Gasteiger partial charge < -0.3 is 9.64 Å². The van der Waals surface area contributed by atoms with Gasteiger partial charge in [0, 0.05) is 24.5 Å². The average molecular weight is 321 g/mol. The van der Waals surface area contributed by atoms with Crippen molar-refractivity contribution in [3.63, 3.8) is 0 Å². The SMILES string of the molecule is CCOC(=O)N1CCC[C@H](C(=O)NNc2nc(C)cc(C)n2)C1. The fourth-order valence-corrected chi connectivity index (χ4v) is 2.57. The molecule has 8 nitrogen and oxygen atoms in total. The summed E-state index contributed by atoms with van der Waals surface area (Å²) in [5.41, 5.74) is 7.00. The van der Waals surface area contributed by atoms with Gasteiger partial charge in [-0.2, -0.15) is 0 Å². The zero-order valence-corrected chi connectivity index (χ0v) is 13.8. The zero-order valence-electron chi connectivity index (χ0n) is 13.8. The van der Waals surface area contributed by atoms with Crippen LogP contribution >= 0.6 is 0 Å². The summed E-state index contributed by atoms with van der Waals surface area (Å²) in [6.07, 6.45) is 1.14. The first kappa shape index (κ1) is 17.0. The lowest BCUT2D eigenvalue weighted by molar-refractivity contribution is -0.125. The quantitative estimate of drug-likeness (QED) is 0.814. The summed E-state index contributed by atoms with van der Waals surface area (Å²) in [7, 11) is 0. The second-order valence-electron chi connectivity index (χ2n) is 5.57. The van der Waals surface area contributed by atoms with Crippen molar-refractivity contribution in [2.24, 2.45) is 5.92 Å². The van der Waals surface area contributed by atoms with Gasteiger partial charge in [-0.15, -0.1) is 0 Å². The van der Waals surface area contributed by atoms with Crippen LogP contribution in [0.1, 0.15) is 31.2 Å². The predicted molar refractivity (Wildman–Crippen MR) is 84.6 cm³/mol. The highest BCUT2D eigenvalue weighted by molar-refractivity contribution is 5.80. The van der Waals surface area contributed by atoms with Gasteiger partial charge in [-0.3, -0.25) is 15.6 Å². The van der Waals surface area contributed by atoms with Crippen molar-refractivity contribution in [3.05, 3.63) is 17.5 Å². The molecule has 0 aliphatic carbocycles. The molecular formula is C15H23N5O3. The Morgan fingerprint density at radius 3 is 2.70 bits per heavy atom. The van der Waals surface area contributed by atoms with Crippen LogP contribution in [0.5, 0.6) is 0 Å². The molecule has 0 unspecified atom stereocenters. The number of nitrogens with one attached hydrogen (secondary N) is 2. The number of aromatic nitrogens is 2. The van der Waals surface area contributed by atoms with Gasteiger partial charge in [-0.05, 0) is 39.7 Å². The van der Waals surface area contributed by atoms with E-state index in [4.69, 9.17) is 4.74 Å². The molecule has 2 heterocycles. The number of hydrazine groups is 1. The number of likely N-dealkylation sites (tertiary alicyclic amines) is 1. The van der Waals surface area contributed by atoms with E-state index in [1.165, 1.54) is 0 Å². The molecule has 0 radical (unpaired) electrons. The Morgan fingerprint density at radius 1 is 1.35 bits per heavy atom. The summed E-state index contributed by atoms with van der Waals surface area (Å²) in [5.74, 6) is -0.0952. The molecule has 2 rings (SSSR count). The summed E-state index contributed by atoms with van der Waals surface area (Å²) in [4.78, 5) is 34.0. The molecular weight excluding hydrogens is 298 g/mol. The van der Waals surface area contributed by atoms with E-state index in [0.29, 0.717) is 25.6 Å². The lowest BCUT2D eigenvalue weighted by atomic mass is 9.98. The highest BCUT2D eigenvalue weighted by Crippen LogP contribution is 2.17.